The molecule has 0 spiro atoms. The van der Waals surface area contributed by atoms with Crippen molar-refractivity contribution < 1.29 is 14.5 Å². The normalized spacial score (nSPS) is 16.0. The second-order valence-corrected chi connectivity index (χ2v) is 6.08. The molecular formula is C17H31NO4. The van der Waals surface area contributed by atoms with Crippen LogP contribution in [0.15, 0.2) is 11.6 Å². The zero-order valence-corrected chi connectivity index (χ0v) is 14.6. The second kappa shape index (κ2) is 11.2. The van der Waals surface area contributed by atoms with Crippen LogP contribution in [0.1, 0.15) is 73.1 Å². The number of ether oxygens (including phenoxy) is 1. The topological polar surface area (TPSA) is 69.4 Å². The number of nitrogens with zero attached hydrogens (tertiary/aromatic N) is 1. The maximum atomic E-state index is 11.2. The summed E-state index contributed by atoms with van der Waals surface area (Å²) in [6, 6.07) is -0.811. The van der Waals surface area contributed by atoms with E-state index in [-0.39, 0.29) is 4.92 Å². The minimum atomic E-state index is -0.811. The first-order valence-electron chi connectivity index (χ1n) is 8.28. The molecule has 3 unspecified atom stereocenters. The Labute approximate surface area is 134 Å². The molecule has 0 aliphatic heterocycles. The molecule has 3 atom stereocenters. The summed E-state index contributed by atoms with van der Waals surface area (Å²) < 4.78 is 5.20. The number of hydrogen-bond acceptors (Lipinski definition) is 4. The van der Waals surface area contributed by atoms with Crippen LogP contribution in [0.4, 0.5) is 0 Å². The number of rotatable bonds is 11. The molecule has 0 amide bonds. The van der Waals surface area contributed by atoms with Crippen molar-refractivity contribution in [2.45, 2.75) is 85.3 Å². The van der Waals surface area contributed by atoms with E-state index in [4.69, 9.17) is 4.74 Å². The number of carbonyl (C=O) groups is 1. The minimum Gasteiger partial charge on any atom is -0.455 e. The Morgan fingerprint density at radius 1 is 1.32 bits per heavy atom. The standard InChI is InChI=1S/C17H31NO4/c1-6-13(3)10-8-9-11-14(4)12-17(22-15(5)19)16(7-2)18(20)21/h10,14,16-17H,6-9,11-12H2,1-5H3/b13-10+. The van der Waals surface area contributed by atoms with E-state index < -0.39 is 18.1 Å². The molecule has 0 aromatic carbocycles. The third kappa shape index (κ3) is 8.80. The SMILES string of the molecule is CC/C(C)=C/CCCC(C)CC(OC(C)=O)C(CC)[N+](=O)[O-]. The third-order valence-corrected chi connectivity index (χ3v) is 4.02. The molecule has 0 aromatic heterocycles. The van der Waals surface area contributed by atoms with Gasteiger partial charge in [0.1, 0.15) is 0 Å². The van der Waals surface area contributed by atoms with Gasteiger partial charge in [-0.05, 0) is 38.5 Å². The summed E-state index contributed by atoms with van der Waals surface area (Å²) in [5, 5.41) is 11.1. The monoisotopic (exact) mass is 313 g/mol. The average Bonchev–Trinajstić information content (AvgIpc) is 2.42. The van der Waals surface area contributed by atoms with E-state index in [1.807, 2.05) is 0 Å². The van der Waals surface area contributed by atoms with E-state index in [2.05, 4.69) is 26.8 Å². The Morgan fingerprint density at radius 3 is 2.41 bits per heavy atom. The molecule has 0 fully saturated rings. The van der Waals surface area contributed by atoms with Crippen LogP contribution in [-0.4, -0.2) is 23.0 Å². The lowest BCUT2D eigenvalue weighted by molar-refractivity contribution is -0.534. The minimum absolute atomic E-state index is 0.300. The largest absolute Gasteiger partial charge is 0.455 e. The van der Waals surface area contributed by atoms with Crippen LogP contribution in [-0.2, 0) is 9.53 Å². The smallest absolute Gasteiger partial charge is 0.303 e. The lowest BCUT2D eigenvalue weighted by atomic mass is 9.93. The number of carbonyl (C=O) groups excluding carboxylic acids is 1. The molecule has 0 radical (unpaired) electrons. The second-order valence-electron chi connectivity index (χ2n) is 6.08. The van der Waals surface area contributed by atoms with Gasteiger partial charge in [-0.1, -0.05) is 38.8 Å². The fourth-order valence-electron chi connectivity index (χ4n) is 2.52. The van der Waals surface area contributed by atoms with E-state index in [1.165, 1.54) is 12.5 Å². The van der Waals surface area contributed by atoms with Gasteiger partial charge in [0, 0.05) is 18.3 Å². The van der Waals surface area contributed by atoms with Gasteiger partial charge in [0.2, 0.25) is 6.04 Å². The number of hydrogen-bond donors (Lipinski definition) is 0. The first-order valence-corrected chi connectivity index (χ1v) is 8.28. The summed E-state index contributed by atoms with van der Waals surface area (Å²) in [7, 11) is 0. The van der Waals surface area contributed by atoms with Gasteiger partial charge in [0.15, 0.2) is 6.10 Å². The highest BCUT2D eigenvalue weighted by Crippen LogP contribution is 2.21. The van der Waals surface area contributed by atoms with Crippen LogP contribution < -0.4 is 0 Å². The third-order valence-electron chi connectivity index (χ3n) is 4.02. The zero-order valence-electron chi connectivity index (χ0n) is 14.6. The summed E-state index contributed by atoms with van der Waals surface area (Å²) in [6.07, 6.45) is 6.70. The van der Waals surface area contributed by atoms with E-state index in [9.17, 15) is 14.9 Å². The van der Waals surface area contributed by atoms with Crippen molar-refractivity contribution in [2.75, 3.05) is 0 Å². The fraction of sp³-hybridized carbons (Fsp3) is 0.824. The van der Waals surface area contributed by atoms with E-state index in [0.29, 0.717) is 18.8 Å². The Morgan fingerprint density at radius 2 is 1.95 bits per heavy atom. The molecule has 0 N–H and O–H groups in total. The first kappa shape index (κ1) is 20.6. The van der Waals surface area contributed by atoms with Crippen LogP contribution in [0, 0.1) is 16.0 Å². The van der Waals surface area contributed by atoms with Crippen LogP contribution in [0.3, 0.4) is 0 Å². The lowest BCUT2D eigenvalue weighted by Gasteiger charge is -2.23. The van der Waals surface area contributed by atoms with Gasteiger partial charge in [0.05, 0.1) is 0 Å². The number of nitro groups is 1. The molecule has 0 aromatic rings. The number of allylic oxidation sites excluding steroid dienone is 2. The van der Waals surface area contributed by atoms with Crippen molar-refractivity contribution in [2.24, 2.45) is 5.92 Å². The zero-order chi connectivity index (χ0) is 17.1. The molecule has 0 heterocycles. The Bertz CT molecular complexity index is 379. The molecule has 128 valence electrons. The molecule has 0 aliphatic carbocycles. The Kier molecular flexibility index (Phi) is 10.5. The fourth-order valence-corrected chi connectivity index (χ4v) is 2.52. The van der Waals surface area contributed by atoms with Gasteiger partial charge in [-0.25, -0.2) is 0 Å². The van der Waals surface area contributed by atoms with Crippen LogP contribution in [0.5, 0.6) is 0 Å². The molecule has 0 rings (SSSR count). The Balaban J connectivity index is 4.46. The molecule has 5 nitrogen and oxygen atoms in total. The maximum absolute atomic E-state index is 11.2. The van der Waals surface area contributed by atoms with Gasteiger partial charge in [-0.2, -0.15) is 0 Å². The van der Waals surface area contributed by atoms with Crippen molar-refractivity contribution in [3.63, 3.8) is 0 Å². The molecule has 0 saturated carbocycles. The van der Waals surface area contributed by atoms with Crippen molar-refractivity contribution in [1.82, 2.24) is 0 Å². The van der Waals surface area contributed by atoms with Gasteiger partial charge in [0.25, 0.3) is 0 Å². The number of unbranched alkanes of at least 4 members (excludes halogenated alkanes) is 1. The highest BCUT2D eigenvalue weighted by molar-refractivity contribution is 5.66. The predicted octanol–water partition coefficient (Wildman–Crippen LogP) is 4.53. The van der Waals surface area contributed by atoms with Crippen LogP contribution >= 0.6 is 0 Å². The highest BCUT2D eigenvalue weighted by atomic mass is 16.6. The van der Waals surface area contributed by atoms with Gasteiger partial charge in [-0.3, -0.25) is 14.9 Å². The van der Waals surface area contributed by atoms with Crippen molar-refractivity contribution in [1.29, 1.82) is 0 Å². The average molecular weight is 313 g/mol. The lowest BCUT2D eigenvalue weighted by Crippen LogP contribution is -2.37. The molecule has 22 heavy (non-hydrogen) atoms. The quantitative estimate of drug-likeness (QED) is 0.185. The van der Waals surface area contributed by atoms with E-state index in [1.54, 1.807) is 6.92 Å². The summed E-state index contributed by atoms with van der Waals surface area (Å²) in [6.45, 7) is 9.40. The van der Waals surface area contributed by atoms with Crippen molar-refractivity contribution >= 4 is 5.97 Å². The first-order chi connectivity index (χ1) is 10.3. The van der Waals surface area contributed by atoms with Crippen LogP contribution in [0.25, 0.3) is 0 Å². The van der Waals surface area contributed by atoms with Gasteiger partial charge >= 0.3 is 5.97 Å². The summed E-state index contributed by atoms with van der Waals surface area (Å²) in [4.78, 5) is 22.0. The molecule has 0 saturated heterocycles. The number of esters is 1. The molecule has 0 bridgehead atoms. The van der Waals surface area contributed by atoms with Gasteiger partial charge in [-0.15, -0.1) is 0 Å². The summed E-state index contributed by atoms with van der Waals surface area (Å²) >= 11 is 0. The predicted molar refractivity (Wildman–Crippen MR) is 88.3 cm³/mol. The van der Waals surface area contributed by atoms with E-state index in [0.717, 1.165) is 25.7 Å². The van der Waals surface area contributed by atoms with Crippen molar-refractivity contribution in [3.8, 4) is 0 Å². The molecule has 0 aliphatic rings. The maximum Gasteiger partial charge on any atom is 0.303 e. The highest BCUT2D eigenvalue weighted by Gasteiger charge is 2.33. The Hall–Kier alpha value is -1.39. The van der Waals surface area contributed by atoms with Crippen molar-refractivity contribution in [3.05, 3.63) is 21.8 Å². The summed E-state index contributed by atoms with van der Waals surface area (Å²) in [5.41, 5.74) is 1.39. The molecular weight excluding hydrogens is 282 g/mol. The van der Waals surface area contributed by atoms with E-state index >= 15 is 0 Å². The molecule has 5 heteroatoms. The summed E-state index contributed by atoms with van der Waals surface area (Å²) in [5.74, 6) is -0.146. The van der Waals surface area contributed by atoms with Crippen LogP contribution in [0.2, 0.25) is 0 Å². The van der Waals surface area contributed by atoms with Gasteiger partial charge < -0.3 is 4.74 Å².